The molecule has 0 saturated heterocycles. The minimum absolute atomic E-state index is 0.349. The standard InChI is InChI=1S/C14H24BrN3O2S/c1-4-16-10-7-11-17(2)21(19,20)18(3)12-13-8-5-6-9-14(13)15/h5-6,8-9,16H,4,7,10-12H2,1-3H3. The second-order valence-electron chi connectivity index (χ2n) is 4.88. The van der Waals surface area contributed by atoms with Crippen LogP contribution in [-0.2, 0) is 16.8 Å². The maximum Gasteiger partial charge on any atom is 0.281 e. The van der Waals surface area contributed by atoms with E-state index in [0.29, 0.717) is 13.1 Å². The Hall–Kier alpha value is -0.470. The third-order valence-electron chi connectivity index (χ3n) is 3.22. The van der Waals surface area contributed by atoms with E-state index in [9.17, 15) is 8.42 Å². The van der Waals surface area contributed by atoms with Crippen LogP contribution in [0.15, 0.2) is 28.7 Å². The molecule has 0 aromatic heterocycles. The van der Waals surface area contributed by atoms with Crippen molar-refractivity contribution in [2.45, 2.75) is 19.9 Å². The topological polar surface area (TPSA) is 52.7 Å². The lowest BCUT2D eigenvalue weighted by molar-refractivity contribution is 0.384. The van der Waals surface area contributed by atoms with E-state index < -0.39 is 10.2 Å². The highest BCUT2D eigenvalue weighted by atomic mass is 79.9. The molecule has 1 aromatic carbocycles. The average Bonchev–Trinajstić information content (AvgIpc) is 2.45. The Morgan fingerprint density at radius 2 is 1.86 bits per heavy atom. The van der Waals surface area contributed by atoms with E-state index >= 15 is 0 Å². The fraction of sp³-hybridized carbons (Fsp3) is 0.571. The van der Waals surface area contributed by atoms with Gasteiger partial charge in [0.05, 0.1) is 0 Å². The summed E-state index contributed by atoms with van der Waals surface area (Å²) in [5.41, 5.74) is 0.949. The van der Waals surface area contributed by atoms with E-state index in [1.807, 2.05) is 31.2 Å². The van der Waals surface area contributed by atoms with Crippen molar-refractivity contribution in [3.05, 3.63) is 34.3 Å². The highest BCUT2D eigenvalue weighted by Gasteiger charge is 2.23. The number of nitrogens with one attached hydrogen (secondary N) is 1. The maximum absolute atomic E-state index is 12.4. The van der Waals surface area contributed by atoms with Gasteiger partial charge in [0.1, 0.15) is 0 Å². The Bertz CT molecular complexity index is 537. The lowest BCUT2D eigenvalue weighted by Gasteiger charge is -2.24. The molecule has 0 spiro atoms. The van der Waals surface area contributed by atoms with Crippen molar-refractivity contribution in [3.63, 3.8) is 0 Å². The van der Waals surface area contributed by atoms with Crippen molar-refractivity contribution in [2.75, 3.05) is 33.7 Å². The molecule has 21 heavy (non-hydrogen) atoms. The SMILES string of the molecule is CCNCCCN(C)S(=O)(=O)N(C)Cc1ccccc1Br. The Balaban J connectivity index is 2.62. The fourth-order valence-electron chi connectivity index (χ4n) is 1.90. The van der Waals surface area contributed by atoms with Crippen molar-refractivity contribution in [2.24, 2.45) is 0 Å². The van der Waals surface area contributed by atoms with Gasteiger partial charge < -0.3 is 5.32 Å². The Kier molecular flexibility index (Phi) is 7.83. The van der Waals surface area contributed by atoms with Crippen LogP contribution in [0.5, 0.6) is 0 Å². The van der Waals surface area contributed by atoms with E-state index in [-0.39, 0.29) is 0 Å². The van der Waals surface area contributed by atoms with Gasteiger partial charge in [0.2, 0.25) is 0 Å². The minimum Gasteiger partial charge on any atom is -0.317 e. The molecular formula is C14H24BrN3O2S. The largest absolute Gasteiger partial charge is 0.317 e. The third-order valence-corrected chi connectivity index (χ3v) is 5.88. The van der Waals surface area contributed by atoms with Gasteiger partial charge in [0.15, 0.2) is 0 Å². The van der Waals surface area contributed by atoms with Gasteiger partial charge in [-0.15, -0.1) is 0 Å². The molecule has 0 bridgehead atoms. The molecule has 0 radical (unpaired) electrons. The highest BCUT2D eigenvalue weighted by molar-refractivity contribution is 9.10. The molecule has 0 atom stereocenters. The van der Waals surface area contributed by atoms with Gasteiger partial charge in [-0.3, -0.25) is 0 Å². The van der Waals surface area contributed by atoms with Gasteiger partial charge in [-0.1, -0.05) is 41.1 Å². The summed E-state index contributed by atoms with van der Waals surface area (Å²) >= 11 is 3.44. The van der Waals surface area contributed by atoms with Crippen LogP contribution in [0, 0.1) is 0 Å². The normalized spacial score (nSPS) is 12.3. The molecule has 0 unspecified atom stereocenters. The van der Waals surface area contributed by atoms with Crippen LogP contribution in [0.1, 0.15) is 18.9 Å². The molecule has 0 aliphatic heterocycles. The number of hydrogen-bond donors (Lipinski definition) is 1. The predicted molar refractivity (Wildman–Crippen MR) is 90.3 cm³/mol. The van der Waals surface area contributed by atoms with Gasteiger partial charge in [0, 0.05) is 31.7 Å². The number of hydrogen-bond acceptors (Lipinski definition) is 3. The van der Waals surface area contributed by atoms with Crippen molar-refractivity contribution in [1.29, 1.82) is 0 Å². The first-order valence-corrected chi connectivity index (χ1v) is 9.20. The van der Waals surface area contributed by atoms with E-state index in [1.165, 1.54) is 8.61 Å². The molecule has 120 valence electrons. The molecule has 0 aliphatic rings. The van der Waals surface area contributed by atoms with Crippen LogP contribution in [0.2, 0.25) is 0 Å². The van der Waals surface area contributed by atoms with Crippen molar-refractivity contribution in [3.8, 4) is 0 Å². The Labute approximate surface area is 136 Å². The number of benzene rings is 1. The summed E-state index contributed by atoms with van der Waals surface area (Å²) in [5, 5.41) is 3.19. The molecular weight excluding hydrogens is 354 g/mol. The zero-order valence-electron chi connectivity index (χ0n) is 12.8. The van der Waals surface area contributed by atoms with Gasteiger partial charge in [-0.25, -0.2) is 0 Å². The molecule has 0 aliphatic carbocycles. The predicted octanol–water partition coefficient (Wildman–Crippen LogP) is 2.06. The van der Waals surface area contributed by atoms with Gasteiger partial charge in [0.25, 0.3) is 10.2 Å². The monoisotopic (exact) mass is 377 g/mol. The van der Waals surface area contributed by atoms with Gasteiger partial charge in [-0.2, -0.15) is 17.0 Å². The summed E-state index contributed by atoms with van der Waals surface area (Å²) < 4.78 is 28.5. The Morgan fingerprint density at radius 3 is 2.48 bits per heavy atom. The van der Waals surface area contributed by atoms with Crippen LogP contribution in [0.4, 0.5) is 0 Å². The zero-order valence-corrected chi connectivity index (χ0v) is 15.2. The smallest absolute Gasteiger partial charge is 0.281 e. The molecule has 0 saturated carbocycles. The molecule has 1 rings (SSSR count). The molecule has 1 N–H and O–H groups in total. The first-order chi connectivity index (χ1) is 9.89. The summed E-state index contributed by atoms with van der Waals surface area (Å²) in [6.07, 6.45) is 0.798. The second-order valence-corrected chi connectivity index (χ2v) is 7.88. The van der Waals surface area contributed by atoms with Crippen LogP contribution in [-0.4, -0.2) is 50.8 Å². The van der Waals surface area contributed by atoms with E-state index in [1.54, 1.807) is 14.1 Å². The van der Waals surface area contributed by atoms with Gasteiger partial charge in [-0.05, 0) is 31.1 Å². The molecule has 0 amide bonds. The summed E-state index contributed by atoms with van der Waals surface area (Å²) in [5.74, 6) is 0. The Morgan fingerprint density at radius 1 is 1.19 bits per heavy atom. The van der Waals surface area contributed by atoms with E-state index in [0.717, 1.165) is 29.5 Å². The van der Waals surface area contributed by atoms with Crippen LogP contribution in [0.25, 0.3) is 0 Å². The number of nitrogens with zero attached hydrogens (tertiary/aromatic N) is 2. The third kappa shape index (κ3) is 5.67. The van der Waals surface area contributed by atoms with Crippen LogP contribution >= 0.6 is 15.9 Å². The number of rotatable bonds is 9. The lowest BCUT2D eigenvalue weighted by atomic mass is 10.2. The minimum atomic E-state index is -3.42. The van der Waals surface area contributed by atoms with Crippen LogP contribution < -0.4 is 5.32 Å². The number of halogens is 1. The van der Waals surface area contributed by atoms with Crippen molar-refractivity contribution < 1.29 is 8.42 Å². The first-order valence-electron chi connectivity index (χ1n) is 7.01. The first kappa shape index (κ1) is 18.6. The summed E-state index contributed by atoms with van der Waals surface area (Å²) in [6.45, 7) is 4.62. The molecule has 0 heterocycles. The van der Waals surface area contributed by atoms with Crippen LogP contribution in [0.3, 0.4) is 0 Å². The molecule has 1 aromatic rings. The molecule has 0 fully saturated rings. The van der Waals surface area contributed by atoms with E-state index in [4.69, 9.17) is 0 Å². The fourth-order valence-corrected chi connectivity index (χ4v) is 3.45. The average molecular weight is 378 g/mol. The zero-order chi connectivity index (χ0) is 15.9. The lowest BCUT2D eigenvalue weighted by Crippen LogP contribution is -2.40. The summed E-state index contributed by atoms with van der Waals surface area (Å²) in [7, 11) is -0.194. The molecule has 5 nitrogen and oxygen atoms in total. The summed E-state index contributed by atoms with van der Waals surface area (Å²) in [4.78, 5) is 0. The highest BCUT2D eigenvalue weighted by Crippen LogP contribution is 2.19. The summed E-state index contributed by atoms with van der Waals surface area (Å²) in [6, 6.07) is 7.65. The second kappa shape index (κ2) is 8.85. The maximum atomic E-state index is 12.4. The quantitative estimate of drug-likeness (QED) is 0.670. The van der Waals surface area contributed by atoms with Crippen molar-refractivity contribution in [1.82, 2.24) is 13.9 Å². The molecule has 7 heteroatoms. The van der Waals surface area contributed by atoms with E-state index in [2.05, 4.69) is 21.2 Å². The van der Waals surface area contributed by atoms with Gasteiger partial charge >= 0.3 is 0 Å². The van der Waals surface area contributed by atoms with Crippen molar-refractivity contribution >= 4 is 26.1 Å².